The number of hydrogen-bond donors (Lipinski definition) is 2. The van der Waals surface area contributed by atoms with Crippen molar-refractivity contribution in [2.24, 2.45) is 0 Å². The van der Waals surface area contributed by atoms with E-state index in [1.165, 1.54) is 11.5 Å². The van der Waals surface area contributed by atoms with Crippen LogP contribution in [0.2, 0.25) is 0 Å². The minimum atomic E-state index is -0.289. The fraction of sp³-hybridized carbons (Fsp3) is 0.800. The number of nitrogens with zero attached hydrogens (tertiary/aromatic N) is 2. The first-order chi connectivity index (χ1) is 7.13. The predicted molar refractivity (Wildman–Crippen MR) is 63.3 cm³/mol. The summed E-state index contributed by atoms with van der Waals surface area (Å²) in [7, 11) is 0. The van der Waals surface area contributed by atoms with E-state index in [0.29, 0.717) is 0 Å². The lowest BCUT2D eigenvalue weighted by atomic mass is 10.0. The summed E-state index contributed by atoms with van der Waals surface area (Å²) >= 11 is 1.36. The van der Waals surface area contributed by atoms with Gasteiger partial charge in [0.2, 0.25) is 5.13 Å². The summed E-state index contributed by atoms with van der Waals surface area (Å²) in [5.74, 6) is 0.890. The second-order valence-electron chi connectivity index (χ2n) is 3.96. The van der Waals surface area contributed by atoms with E-state index >= 15 is 0 Å². The molecule has 1 rings (SSSR count). The lowest BCUT2D eigenvalue weighted by Crippen LogP contribution is -2.37. The van der Waals surface area contributed by atoms with Crippen molar-refractivity contribution in [3.63, 3.8) is 0 Å². The van der Waals surface area contributed by atoms with Gasteiger partial charge in [0.15, 0.2) is 0 Å². The van der Waals surface area contributed by atoms with Gasteiger partial charge in [0.1, 0.15) is 5.82 Å². The Bertz CT molecular complexity index is 297. The highest BCUT2D eigenvalue weighted by Gasteiger charge is 2.21. The first-order valence-corrected chi connectivity index (χ1v) is 6.12. The number of aliphatic hydroxyl groups excluding tert-OH is 1. The van der Waals surface area contributed by atoms with Crippen molar-refractivity contribution < 1.29 is 5.11 Å². The molecule has 1 aromatic rings. The van der Waals surface area contributed by atoms with E-state index in [1.807, 2.05) is 13.8 Å². The van der Waals surface area contributed by atoms with Crippen LogP contribution in [0.4, 0.5) is 5.13 Å². The molecule has 0 bridgehead atoms. The van der Waals surface area contributed by atoms with Gasteiger partial charge in [-0.25, -0.2) is 4.98 Å². The van der Waals surface area contributed by atoms with Crippen molar-refractivity contribution in [2.45, 2.75) is 45.6 Å². The van der Waals surface area contributed by atoms with Crippen LogP contribution >= 0.6 is 11.5 Å². The highest BCUT2D eigenvalue weighted by atomic mass is 32.1. The molecule has 0 aliphatic heterocycles. The Morgan fingerprint density at radius 1 is 1.47 bits per heavy atom. The molecule has 0 spiro atoms. The quantitative estimate of drug-likeness (QED) is 0.784. The van der Waals surface area contributed by atoms with Crippen LogP contribution in [-0.2, 0) is 6.42 Å². The average Bonchev–Trinajstić information content (AvgIpc) is 2.66. The van der Waals surface area contributed by atoms with Gasteiger partial charge >= 0.3 is 0 Å². The minimum Gasteiger partial charge on any atom is -0.394 e. The van der Waals surface area contributed by atoms with E-state index in [-0.39, 0.29) is 12.1 Å². The molecule has 1 heterocycles. The number of rotatable bonds is 6. The van der Waals surface area contributed by atoms with Gasteiger partial charge in [0.05, 0.1) is 12.1 Å². The molecule has 0 amide bonds. The molecule has 1 atom stereocenters. The van der Waals surface area contributed by atoms with Gasteiger partial charge in [-0.15, -0.1) is 0 Å². The van der Waals surface area contributed by atoms with Crippen molar-refractivity contribution in [3.8, 4) is 0 Å². The molecule has 0 saturated heterocycles. The average molecular weight is 229 g/mol. The molecule has 2 N–H and O–H groups in total. The third-order valence-electron chi connectivity index (χ3n) is 2.48. The van der Waals surface area contributed by atoms with Crippen molar-refractivity contribution in [1.82, 2.24) is 9.36 Å². The van der Waals surface area contributed by atoms with Crippen LogP contribution in [-0.4, -0.2) is 26.6 Å². The fourth-order valence-corrected chi connectivity index (χ4v) is 1.89. The van der Waals surface area contributed by atoms with Crippen LogP contribution in [0.3, 0.4) is 0 Å². The van der Waals surface area contributed by atoms with Crippen LogP contribution in [0.1, 0.15) is 39.4 Å². The normalized spacial score (nSPS) is 14.9. The SMILES string of the molecule is CCCc1nsc(NC(C)(CC)CO)n1. The van der Waals surface area contributed by atoms with Gasteiger partial charge in [-0.2, -0.15) is 4.37 Å². The topological polar surface area (TPSA) is 58.0 Å². The highest BCUT2D eigenvalue weighted by molar-refractivity contribution is 7.09. The second kappa shape index (κ2) is 5.42. The zero-order valence-electron chi connectivity index (χ0n) is 9.58. The monoisotopic (exact) mass is 229 g/mol. The third-order valence-corrected chi connectivity index (χ3v) is 3.15. The summed E-state index contributed by atoms with van der Waals surface area (Å²) in [4.78, 5) is 4.37. The van der Waals surface area contributed by atoms with E-state index < -0.39 is 0 Å². The molecule has 5 heteroatoms. The molecule has 86 valence electrons. The molecule has 0 saturated carbocycles. The lowest BCUT2D eigenvalue weighted by molar-refractivity contribution is 0.219. The molecule has 15 heavy (non-hydrogen) atoms. The summed E-state index contributed by atoms with van der Waals surface area (Å²) in [6.07, 6.45) is 2.83. The van der Waals surface area contributed by atoms with Gasteiger partial charge in [-0.3, -0.25) is 0 Å². The Morgan fingerprint density at radius 2 is 2.20 bits per heavy atom. The Kier molecular flexibility index (Phi) is 4.47. The smallest absolute Gasteiger partial charge is 0.203 e. The maximum atomic E-state index is 9.25. The van der Waals surface area contributed by atoms with Crippen LogP contribution in [0.5, 0.6) is 0 Å². The zero-order chi connectivity index (χ0) is 11.3. The predicted octanol–water partition coefficient (Wildman–Crippen LogP) is 2.06. The summed E-state index contributed by atoms with van der Waals surface area (Å²) in [5.41, 5.74) is -0.289. The number of aryl methyl sites for hydroxylation is 1. The Morgan fingerprint density at radius 3 is 2.73 bits per heavy atom. The minimum absolute atomic E-state index is 0.103. The van der Waals surface area contributed by atoms with E-state index in [2.05, 4.69) is 21.6 Å². The highest BCUT2D eigenvalue weighted by Crippen LogP contribution is 2.20. The van der Waals surface area contributed by atoms with E-state index in [0.717, 1.165) is 30.2 Å². The van der Waals surface area contributed by atoms with Crippen LogP contribution in [0, 0.1) is 0 Å². The van der Waals surface area contributed by atoms with Crippen LogP contribution in [0.25, 0.3) is 0 Å². The third kappa shape index (κ3) is 3.43. The molecule has 1 aromatic heterocycles. The molecule has 0 fully saturated rings. The summed E-state index contributed by atoms with van der Waals surface area (Å²) in [6.45, 7) is 6.23. The first-order valence-electron chi connectivity index (χ1n) is 5.35. The number of aliphatic hydroxyl groups is 1. The van der Waals surface area contributed by atoms with Gasteiger partial charge in [0.25, 0.3) is 0 Å². The second-order valence-corrected chi connectivity index (χ2v) is 4.71. The molecular weight excluding hydrogens is 210 g/mol. The number of hydrogen-bond acceptors (Lipinski definition) is 5. The van der Waals surface area contributed by atoms with E-state index in [9.17, 15) is 5.11 Å². The maximum absolute atomic E-state index is 9.25. The van der Waals surface area contributed by atoms with Crippen molar-refractivity contribution in [3.05, 3.63) is 5.82 Å². The van der Waals surface area contributed by atoms with E-state index in [4.69, 9.17) is 0 Å². The molecule has 0 aromatic carbocycles. The summed E-state index contributed by atoms with van der Waals surface area (Å²) < 4.78 is 4.25. The standard InChI is InChI=1S/C10H19N3OS/c1-4-6-8-11-9(15-13-8)12-10(3,5-2)7-14/h14H,4-7H2,1-3H3,(H,11,12,13). The van der Waals surface area contributed by atoms with Gasteiger partial charge in [-0.1, -0.05) is 13.8 Å². The Balaban J connectivity index is 2.63. The van der Waals surface area contributed by atoms with Crippen LogP contribution in [0.15, 0.2) is 0 Å². The zero-order valence-corrected chi connectivity index (χ0v) is 10.4. The molecule has 0 aliphatic rings. The van der Waals surface area contributed by atoms with Crippen LogP contribution < -0.4 is 5.32 Å². The molecular formula is C10H19N3OS. The van der Waals surface area contributed by atoms with Gasteiger partial charge in [0, 0.05) is 18.0 Å². The summed E-state index contributed by atoms with van der Waals surface area (Å²) in [5, 5.41) is 13.3. The number of anilines is 1. The van der Waals surface area contributed by atoms with Gasteiger partial charge < -0.3 is 10.4 Å². The first kappa shape index (κ1) is 12.4. The fourth-order valence-electron chi connectivity index (χ4n) is 1.13. The molecule has 4 nitrogen and oxygen atoms in total. The van der Waals surface area contributed by atoms with Gasteiger partial charge in [-0.05, 0) is 19.8 Å². The van der Waals surface area contributed by atoms with Crippen molar-refractivity contribution in [1.29, 1.82) is 0 Å². The number of nitrogens with one attached hydrogen (secondary N) is 1. The Hall–Kier alpha value is -0.680. The number of aromatic nitrogens is 2. The molecule has 0 radical (unpaired) electrons. The molecule has 0 aliphatic carbocycles. The van der Waals surface area contributed by atoms with E-state index in [1.54, 1.807) is 0 Å². The lowest BCUT2D eigenvalue weighted by Gasteiger charge is -2.26. The Labute approximate surface area is 94.9 Å². The maximum Gasteiger partial charge on any atom is 0.203 e. The van der Waals surface area contributed by atoms with Crippen molar-refractivity contribution >= 4 is 16.7 Å². The summed E-state index contributed by atoms with van der Waals surface area (Å²) in [6, 6.07) is 0. The molecule has 1 unspecified atom stereocenters. The largest absolute Gasteiger partial charge is 0.394 e. The van der Waals surface area contributed by atoms with Crippen molar-refractivity contribution in [2.75, 3.05) is 11.9 Å².